The SMILES string of the molecule is COc1cc2c(ccn2C)cc1C(=O)N1CCC(Cc2ccc(F)cc2)CC1. The molecule has 1 aromatic heterocycles. The number of amides is 1. The molecule has 3 aromatic rings. The number of carbonyl (C=O) groups is 1. The first-order valence-electron chi connectivity index (χ1n) is 9.72. The summed E-state index contributed by atoms with van der Waals surface area (Å²) in [6, 6.07) is 12.6. The maximum atomic E-state index is 13.1. The van der Waals surface area contributed by atoms with Crippen molar-refractivity contribution in [3.05, 3.63) is 65.6 Å². The molecule has 146 valence electrons. The number of piperidine rings is 1. The van der Waals surface area contributed by atoms with Crippen LogP contribution in [0.15, 0.2) is 48.7 Å². The van der Waals surface area contributed by atoms with Crippen LogP contribution in [-0.2, 0) is 13.5 Å². The van der Waals surface area contributed by atoms with E-state index in [4.69, 9.17) is 4.74 Å². The zero-order valence-corrected chi connectivity index (χ0v) is 16.3. The normalized spacial score (nSPS) is 15.2. The van der Waals surface area contributed by atoms with Gasteiger partial charge in [0, 0.05) is 37.8 Å². The molecule has 0 aliphatic carbocycles. The summed E-state index contributed by atoms with van der Waals surface area (Å²) < 4.78 is 20.6. The van der Waals surface area contributed by atoms with Crippen molar-refractivity contribution in [2.45, 2.75) is 19.3 Å². The number of ether oxygens (including phenoxy) is 1. The fourth-order valence-electron chi connectivity index (χ4n) is 4.10. The molecule has 0 radical (unpaired) electrons. The minimum atomic E-state index is -0.200. The summed E-state index contributed by atoms with van der Waals surface area (Å²) >= 11 is 0. The van der Waals surface area contributed by atoms with E-state index in [1.807, 2.05) is 53.0 Å². The van der Waals surface area contributed by atoms with E-state index in [1.165, 1.54) is 12.1 Å². The quantitative estimate of drug-likeness (QED) is 0.671. The Bertz CT molecular complexity index is 986. The van der Waals surface area contributed by atoms with Crippen LogP contribution in [0.1, 0.15) is 28.8 Å². The summed E-state index contributed by atoms with van der Waals surface area (Å²) in [6.45, 7) is 1.47. The van der Waals surface area contributed by atoms with Gasteiger partial charge in [-0.15, -0.1) is 0 Å². The molecule has 4 rings (SSSR count). The van der Waals surface area contributed by atoms with E-state index in [1.54, 1.807) is 7.11 Å². The van der Waals surface area contributed by atoms with E-state index in [0.29, 0.717) is 17.2 Å². The number of halogens is 1. The molecule has 2 aromatic carbocycles. The first kappa shape index (κ1) is 18.5. The number of aryl methyl sites for hydroxylation is 1. The van der Waals surface area contributed by atoms with Crippen molar-refractivity contribution in [1.82, 2.24) is 9.47 Å². The third-order valence-corrected chi connectivity index (χ3v) is 5.78. The molecule has 1 aliphatic rings. The summed E-state index contributed by atoms with van der Waals surface area (Å²) in [6.07, 6.45) is 4.83. The van der Waals surface area contributed by atoms with E-state index >= 15 is 0 Å². The van der Waals surface area contributed by atoms with Gasteiger partial charge < -0.3 is 14.2 Å². The van der Waals surface area contributed by atoms with Crippen molar-refractivity contribution in [3.63, 3.8) is 0 Å². The van der Waals surface area contributed by atoms with Crippen LogP contribution >= 0.6 is 0 Å². The number of methoxy groups -OCH3 is 1. The Morgan fingerprint density at radius 2 is 1.86 bits per heavy atom. The Kier molecular flexibility index (Phi) is 5.07. The average molecular weight is 380 g/mol. The third-order valence-electron chi connectivity index (χ3n) is 5.78. The number of fused-ring (bicyclic) bond motifs is 1. The van der Waals surface area contributed by atoms with Gasteiger partial charge in [-0.05, 0) is 55.0 Å². The van der Waals surface area contributed by atoms with Gasteiger partial charge in [0.2, 0.25) is 0 Å². The highest BCUT2D eigenvalue weighted by Gasteiger charge is 2.26. The van der Waals surface area contributed by atoms with Crippen molar-refractivity contribution in [3.8, 4) is 5.75 Å². The first-order chi connectivity index (χ1) is 13.5. The lowest BCUT2D eigenvalue weighted by Gasteiger charge is -2.32. The fourth-order valence-corrected chi connectivity index (χ4v) is 4.10. The van der Waals surface area contributed by atoms with Crippen LogP contribution in [0.3, 0.4) is 0 Å². The molecule has 2 heterocycles. The number of benzene rings is 2. The predicted molar refractivity (Wildman–Crippen MR) is 108 cm³/mol. The number of hydrogen-bond donors (Lipinski definition) is 0. The highest BCUT2D eigenvalue weighted by atomic mass is 19.1. The minimum absolute atomic E-state index is 0.0304. The molecule has 5 heteroatoms. The second kappa shape index (κ2) is 7.66. The smallest absolute Gasteiger partial charge is 0.257 e. The predicted octanol–water partition coefficient (Wildman–Crippen LogP) is 4.42. The van der Waals surface area contributed by atoms with Crippen LogP contribution in [0, 0.1) is 11.7 Å². The molecule has 0 atom stereocenters. The molecule has 0 bridgehead atoms. The molecule has 0 saturated carbocycles. The number of carbonyl (C=O) groups excluding carboxylic acids is 1. The van der Waals surface area contributed by atoms with Gasteiger partial charge in [0.05, 0.1) is 18.2 Å². The van der Waals surface area contributed by atoms with Crippen molar-refractivity contribution in [2.75, 3.05) is 20.2 Å². The van der Waals surface area contributed by atoms with E-state index in [-0.39, 0.29) is 11.7 Å². The van der Waals surface area contributed by atoms with Gasteiger partial charge in [0.15, 0.2) is 0 Å². The Morgan fingerprint density at radius 3 is 2.54 bits per heavy atom. The average Bonchev–Trinajstić information content (AvgIpc) is 3.08. The minimum Gasteiger partial charge on any atom is -0.496 e. The Hall–Kier alpha value is -2.82. The molecular formula is C23H25FN2O2. The summed E-state index contributed by atoms with van der Waals surface area (Å²) in [7, 11) is 3.59. The Morgan fingerprint density at radius 1 is 1.14 bits per heavy atom. The second-order valence-corrected chi connectivity index (χ2v) is 7.60. The maximum Gasteiger partial charge on any atom is 0.257 e. The topological polar surface area (TPSA) is 34.5 Å². The molecule has 1 saturated heterocycles. The maximum absolute atomic E-state index is 13.1. The standard InChI is InChI=1S/C23H25FN2O2/c1-25-10-9-18-14-20(22(28-2)15-21(18)25)23(27)26-11-7-17(8-12-26)13-16-3-5-19(24)6-4-16/h3-6,9-10,14-15,17H,7-8,11-13H2,1-2H3. The van der Waals surface area contributed by atoms with Crippen LogP contribution in [0.2, 0.25) is 0 Å². The molecule has 1 amide bonds. The van der Waals surface area contributed by atoms with E-state index in [2.05, 4.69) is 0 Å². The van der Waals surface area contributed by atoms with Crippen LogP contribution in [-0.4, -0.2) is 35.6 Å². The number of rotatable bonds is 4. The highest BCUT2D eigenvalue weighted by Crippen LogP contribution is 2.29. The number of aromatic nitrogens is 1. The van der Waals surface area contributed by atoms with Gasteiger partial charge in [-0.3, -0.25) is 4.79 Å². The molecule has 0 unspecified atom stereocenters. The van der Waals surface area contributed by atoms with Gasteiger partial charge in [0.1, 0.15) is 11.6 Å². The lowest BCUT2D eigenvalue weighted by molar-refractivity contribution is 0.0687. The molecule has 1 fully saturated rings. The zero-order valence-electron chi connectivity index (χ0n) is 16.3. The van der Waals surface area contributed by atoms with Gasteiger partial charge >= 0.3 is 0 Å². The Balaban J connectivity index is 1.45. The number of hydrogen-bond acceptors (Lipinski definition) is 2. The Labute approximate surface area is 164 Å². The van der Waals surface area contributed by atoms with Crippen LogP contribution < -0.4 is 4.74 Å². The first-order valence-corrected chi connectivity index (χ1v) is 9.72. The molecule has 1 aliphatic heterocycles. The van der Waals surface area contributed by atoms with Crippen molar-refractivity contribution >= 4 is 16.8 Å². The van der Waals surface area contributed by atoms with Crippen molar-refractivity contribution in [1.29, 1.82) is 0 Å². The van der Waals surface area contributed by atoms with Gasteiger partial charge in [0.25, 0.3) is 5.91 Å². The fraction of sp³-hybridized carbons (Fsp3) is 0.348. The van der Waals surface area contributed by atoms with Crippen LogP contribution in [0.25, 0.3) is 10.9 Å². The molecule has 0 spiro atoms. The highest BCUT2D eigenvalue weighted by molar-refractivity contribution is 6.01. The van der Waals surface area contributed by atoms with E-state index in [9.17, 15) is 9.18 Å². The van der Waals surface area contributed by atoms with Crippen molar-refractivity contribution in [2.24, 2.45) is 13.0 Å². The monoisotopic (exact) mass is 380 g/mol. The molecule has 4 nitrogen and oxygen atoms in total. The van der Waals surface area contributed by atoms with Crippen LogP contribution in [0.4, 0.5) is 4.39 Å². The second-order valence-electron chi connectivity index (χ2n) is 7.60. The van der Waals surface area contributed by atoms with Gasteiger partial charge in [-0.1, -0.05) is 12.1 Å². The zero-order chi connectivity index (χ0) is 19.7. The summed E-state index contributed by atoms with van der Waals surface area (Å²) in [4.78, 5) is 15.1. The molecular weight excluding hydrogens is 355 g/mol. The number of likely N-dealkylation sites (tertiary alicyclic amines) is 1. The number of nitrogens with zero attached hydrogens (tertiary/aromatic N) is 2. The van der Waals surface area contributed by atoms with Gasteiger partial charge in [-0.2, -0.15) is 0 Å². The van der Waals surface area contributed by atoms with E-state index in [0.717, 1.165) is 48.8 Å². The third kappa shape index (κ3) is 3.61. The lowest BCUT2D eigenvalue weighted by Crippen LogP contribution is -2.39. The molecule has 0 N–H and O–H groups in total. The largest absolute Gasteiger partial charge is 0.496 e. The van der Waals surface area contributed by atoms with Crippen molar-refractivity contribution < 1.29 is 13.9 Å². The van der Waals surface area contributed by atoms with E-state index < -0.39 is 0 Å². The summed E-state index contributed by atoms with van der Waals surface area (Å²) in [5.74, 6) is 0.970. The summed E-state index contributed by atoms with van der Waals surface area (Å²) in [5.41, 5.74) is 2.83. The molecule has 28 heavy (non-hydrogen) atoms. The van der Waals surface area contributed by atoms with Gasteiger partial charge in [-0.25, -0.2) is 4.39 Å². The lowest BCUT2D eigenvalue weighted by atomic mass is 9.90. The summed E-state index contributed by atoms with van der Waals surface area (Å²) in [5, 5.41) is 1.04. The van der Waals surface area contributed by atoms with Crippen LogP contribution in [0.5, 0.6) is 5.75 Å².